The Balaban J connectivity index is 2.03. The lowest BCUT2D eigenvalue weighted by molar-refractivity contribution is 0.458. The summed E-state index contributed by atoms with van der Waals surface area (Å²) in [6.07, 6.45) is 4.88. The molecule has 1 aromatic carbocycles. The quantitative estimate of drug-likeness (QED) is 0.822. The second kappa shape index (κ2) is 4.40. The van der Waals surface area contributed by atoms with Gasteiger partial charge in [0.15, 0.2) is 5.82 Å². The molecule has 1 fully saturated rings. The first-order valence-electron chi connectivity index (χ1n) is 6.40. The Bertz CT molecular complexity index is 554. The summed E-state index contributed by atoms with van der Waals surface area (Å²) >= 11 is 0. The topological polar surface area (TPSA) is 69.6 Å². The molecule has 0 radical (unpaired) electrons. The molecule has 0 bridgehead atoms. The Hall–Kier alpha value is -1.91. The Kier molecular flexibility index (Phi) is 2.74. The van der Waals surface area contributed by atoms with E-state index in [1.807, 2.05) is 29.8 Å². The first-order chi connectivity index (χ1) is 8.75. The van der Waals surface area contributed by atoms with Gasteiger partial charge < -0.3 is 5.73 Å². The number of hydrogen-bond acceptors (Lipinski definition) is 4. The fourth-order valence-corrected chi connectivity index (χ4v) is 2.70. The van der Waals surface area contributed by atoms with Crippen molar-refractivity contribution in [3.63, 3.8) is 0 Å². The molecule has 5 nitrogen and oxygen atoms in total. The molecular weight excluding hydrogens is 226 g/mol. The summed E-state index contributed by atoms with van der Waals surface area (Å²) < 4.78 is 1.98. The molecule has 18 heavy (non-hydrogen) atoms. The van der Waals surface area contributed by atoms with Gasteiger partial charge >= 0.3 is 0 Å². The van der Waals surface area contributed by atoms with E-state index in [2.05, 4.69) is 15.5 Å². The first kappa shape index (κ1) is 11.2. The zero-order chi connectivity index (χ0) is 12.5. The lowest BCUT2D eigenvalue weighted by Gasteiger charge is -2.12. The number of hydrogen-bond donors (Lipinski definition) is 1. The van der Waals surface area contributed by atoms with E-state index < -0.39 is 0 Å². The number of tetrazole rings is 1. The number of nitrogen functional groups attached to an aromatic ring is 1. The molecule has 1 saturated carbocycles. The average molecular weight is 243 g/mol. The SMILES string of the molecule is Cc1cc(N)ccc1-c1nnnn1C1CCCC1. The van der Waals surface area contributed by atoms with Crippen molar-refractivity contribution in [2.24, 2.45) is 0 Å². The van der Waals surface area contributed by atoms with Crippen LogP contribution >= 0.6 is 0 Å². The Morgan fingerprint density at radius 1 is 1.28 bits per heavy atom. The number of aromatic nitrogens is 4. The van der Waals surface area contributed by atoms with Crippen molar-refractivity contribution >= 4 is 5.69 Å². The summed E-state index contributed by atoms with van der Waals surface area (Å²) in [5.74, 6) is 0.861. The molecule has 2 aromatic rings. The van der Waals surface area contributed by atoms with Crippen LogP contribution in [0.15, 0.2) is 18.2 Å². The molecule has 0 unspecified atom stereocenters. The van der Waals surface area contributed by atoms with Crippen molar-refractivity contribution < 1.29 is 0 Å². The van der Waals surface area contributed by atoms with Crippen LogP contribution in [0, 0.1) is 6.92 Å². The molecular formula is C13H17N5. The minimum Gasteiger partial charge on any atom is -0.399 e. The van der Waals surface area contributed by atoms with Crippen LogP contribution in [0.2, 0.25) is 0 Å². The maximum atomic E-state index is 5.78. The Morgan fingerprint density at radius 3 is 2.78 bits per heavy atom. The smallest absolute Gasteiger partial charge is 0.182 e. The number of anilines is 1. The fraction of sp³-hybridized carbons (Fsp3) is 0.462. The standard InChI is InChI=1S/C13H17N5/c1-9-8-10(14)6-7-12(9)13-15-16-17-18(13)11-4-2-3-5-11/h6-8,11H,2-5,14H2,1H3. The van der Waals surface area contributed by atoms with Gasteiger partial charge in [0.05, 0.1) is 6.04 Å². The molecule has 1 aliphatic carbocycles. The van der Waals surface area contributed by atoms with Crippen LogP contribution in [0.3, 0.4) is 0 Å². The highest BCUT2D eigenvalue weighted by Gasteiger charge is 2.22. The summed E-state index contributed by atoms with van der Waals surface area (Å²) in [7, 11) is 0. The van der Waals surface area contributed by atoms with E-state index in [9.17, 15) is 0 Å². The van der Waals surface area contributed by atoms with Crippen LogP contribution in [0.4, 0.5) is 5.69 Å². The van der Waals surface area contributed by atoms with Gasteiger partial charge in [-0.05, 0) is 54.0 Å². The Morgan fingerprint density at radius 2 is 2.06 bits per heavy atom. The minimum atomic E-state index is 0.451. The van der Waals surface area contributed by atoms with Crippen molar-refractivity contribution in [2.75, 3.05) is 5.73 Å². The van der Waals surface area contributed by atoms with Crippen LogP contribution in [-0.4, -0.2) is 20.2 Å². The zero-order valence-electron chi connectivity index (χ0n) is 10.5. The van der Waals surface area contributed by atoms with Crippen molar-refractivity contribution in [3.05, 3.63) is 23.8 Å². The summed E-state index contributed by atoms with van der Waals surface area (Å²) in [6, 6.07) is 6.31. The second-order valence-corrected chi connectivity index (χ2v) is 4.96. The highest BCUT2D eigenvalue weighted by atomic mass is 15.5. The predicted octanol–water partition coefficient (Wildman–Crippen LogP) is 2.35. The van der Waals surface area contributed by atoms with Crippen molar-refractivity contribution in [1.82, 2.24) is 20.2 Å². The fourth-order valence-electron chi connectivity index (χ4n) is 2.70. The predicted molar refractivity (Wildman–Crippen MR) is 69.9 cm³/mol. The van der Waals surface area contributed by atoms with E-state index in [0.29, 0.717) is 6.04 Å². The van der Waals surface area contributed by atoms with Crippen molar-refractivity contribution in [1.29, 1.82) is 0 Å². The van der Waals surface area contributed by atoms with Gasteiger partial charge in [-0.15, -0.1) is 5.10 Å². The van der Waals surface area contributed by atoms with Gasteiger partial charge in [0.2, 0.25) is 0 Å². The molecule has 1 aliphatic rings. The molecule has 1 aromatic heterocycles. The third-order valence-corrected chi connectivity index (χ3v) is 3.65. The van der Waals surface area contributed by atoms with Gasteiger partial charge in [-0.1, -0.05) is 12.8 Å². The van der Waals surface area contributed by atoms with Gasteiger partial charge in [-0.2, -0.15) is 0 Å². The third-order valence-electron chi connectivity index (χ3n) is 3.65. The largest absolute Gasteiger partial charge is 0.399 e. The maximum absolute atomic E-state index is 5.78. The Labute approximate surface area is 106 Å². The lowest BCUT2D eigenvalue weighted by Crippen LogP contribution is -2.09. The third kappa shape index (κ3) is 1.85. The van der Waals surface area contributed by atoms with Gasteiger partial charge in [0.25, 0.3) is 0 Å². The summed E-state index contributed by atoms with van der Waals surface area (Å²) in [4.78, 5) is 0. The normalized spacial score (nSPS) is 16.3. The molecule has 0 atom stereocenters. The lowest BCUT2D eigenvalue weighted by atomic mass is 10.1. The van der Waals surface area contributed by atoms with E-state index in [4.69, 9.17) is 5.73 Å². The molecule has 0 saturated heterocycles. The van der Waals surface area contributed by atoms with E-state index >= 15 is 0 Å². The molecule has 94 valence electrons. The van der Waals surface area contributed by atoms with Gasteiger partial charge in [0, 0.05) is 11.3 Å². The number of benzene rings is 1. The summed E-state index contributed by atoms with van der Waals surface area (Å²) in [5.41, 5.74) is 8.74. The minimum absolute atomic E-state index is 0.451. The van der Waals surface area contributed by atoms with Crippen LogP contribution in [0.5, 0.6) is 0 Å². The van der Waals surface area contributed by atoms with Gasteiger partial charge in [0.1, 0.15) is 0 Å². The van der Waals surface area contributed by atoms with Crippen LogP contribution in [-0.2, 0) is 0 Å². The van der Waals surface area contributed by atoms with Crippen molar-refractivity contribution in [3.8, 4) is 11.4 Å². The highest BCUT2D eigenvalue weighted by Crippen LogP contribution is 2.32. The number of aryl methyl sites for hydroxylation is 1. The molecule has 2 N–H and O–H groups in total. The highest BCUT2D eigenvalue weighted by molar-refractivity contribution is 5.63. The van der Waals surface area contributed by atoms with E-state index in [1.165, 1.54) is 25.7 Å². The van der Waals surface area contributed by atoms with Crippen molar-refractivity contribution in [2.45, 2.75) is 38.6 Å². The number of nitrogens with two attached hydrogens (primary N) is 1. The van der Waals surface area contributed by atoms with E-state index in [1.54, 1.807) is 0 Å². The molecule has 5 heteroatoms. The maximum Gasteiger partial charge on any atom is 0.182 e. The molecule has 3 rings (SSSR count). The van der Waals surface area contributed by atoms with E-state index in [0.717, 1.165) is 22.6 Å². The van der Waals surface area contributed by atoms with Gasteiger partial charge in [-0.25, -0.2) is 4.68 Å². The van der Waals surface area contributed by atoms with Crippen LogP contribution < -0.4 is 5.73 Å². The first-order valence-corrected chi connectivity index (χ1v) is 6.40. The van der Waals surface area contributed by atoms with Crippen LogP contribution in [0.25, 0.3) is 11.4 Å². The molecule has 1 heterocycles. The number of rotatable bonds is 2. The monoisotopic (exact) mass is 243 g/mol. The second-order valence-electron chi connectivity index (χ2n) is 4.96. The van der Waals surface area contributed by atoms with Gasteiger partial charge in [-0.3, -0.25) is 0 Å². The van der Waals surface area contributed by atoms with Crippen LogP contribution in [0.1, 0.15) is 37.3 Å². The molecule has 0 aliphatic heterocycles. The zero-order valence-corrected chi connectivity index (χ0v) is 10.5. The molecule has 0 amide bonds. The summed E-state index contributed by atoms with van der Waals surface area (Å²) in [6.45, 7) is 2.04. The summed E-state index contributed by atoms with van der Waals surface area (Å²) in [5, 5.41) is 12.2. The molecule has 0 spiro atoms. The average Bonchev–Trinajstić information content (AvgIpc) is 2.98. The van der Waals surface area contributed by atoms with E-state index in [-0.39, 0.29) is 0 Å². The number of nitrogens with zero attached hydrogens (tertiary/aromatic N) is 4.